The maximum atomic E-state index is 5.34. The van der Waals surface area contributed by atoms with Crippen molar-refractivity contribution in [2.24, 2.45) is 5.84 Å². The van der Waals surface area contributed by atoms with Crippen molar-refractivity contribution in [2.45, 2.75) is 6.54 Å². The fourth-order valence-electron chi connectivity index (χ4n) is 1.65. The van der Waals surface area contributed by atoms with Gasteiger partial charge in [-0.3, -0.25) is 0 Å². The number of nitrogens with zero attached hydrogens (tertiary/aromatic N) is 2. The first-order valence-corrected chi connectivity index (χ1v) is 5.48. The monoisotopic (exact) mass is 228 g/mol. The number of benzene rings is 1. The summed E-state index contributed by atoms with van der Waals surface area (Å²) < 4.78 is 0. The largest absolute Gasteiger partial charge is 0.355 e. The van der Waals surface area contributed by atoms with E-state index in [1.807, 2.05) is 43.4 Å². The summed E-state index contributed by atoms with van der Waals surface area (Å²) in [5.41, 5.74) is 3.80. The van der Waals surface area contributed by atoms with E-state index in [2.05, 4.69) is 27.4 Å². The normalized spacial score (nSPS) is 10.0. The zero-order valence-corrected chi connectivity index (χ0v) is 9.80. The summed E-state index contributed by atoms with van der Waals surface area (Å²) in [6.07, 6.45) is 0. The van der Waals surface area contributed by atoms with Gasteiger partial charge in [0.2, 0.25) is 0 Å². The standard InChI is InChI=1S/C13H16N4/c1-17(10-11-6-3-2-4-7-11)13-9-5-8-12(15-13)16-14/h2-9H,10,14H2,1H3,(H,15,16). The van der Waals surface area contributed by atoms with E-state index in [1.54, 1.807) is 0 Å². The number of rotatable bonds is 4. The van der Waals surface area contributed by atoms with Crippen molar-refractivity contribution in [2.75, 3.05) is 17.4 Å². The second kappa shape index (κ2) is 5.32. The Balaban J connectivity index is 2.11. The van der Waals surface area contributed by atoms with Gasteiger partial charge in [0.05, 0.1) is 0 Å². The van der Waals surface area contributed by atoms with E-state index in [0.717, 1.165) is 12.4 Å². The summed E-state index contributed by atoms with van der Waals surface area (Å²) in [7, 11) is 2.01. The number of nitrogens with two attached hydrogens (primary N) is 1. The Labute approximate surface area is 101 Å². The van der Waals surface area contributed by atoms with Gasteiger partial charge < -0.3 is 10.3 Å². The van der Waals surface area contributed by atoms with Gasteiger partial charge in [-0.15, -0.1) is 0 Å². The molecular weight excluding hydrogens is 212 g/mol. The van der Waals surface area contributed by atoms with Crippen molar-refractivity contribution in [1.29, 1.82) is 0 Å². The molecule has 2 rings (SSSR count). The molecule has 1 heterocycles. The van der Waals surface area contributed by atoms with Crippen molar-refractivity contribution < 1.29 is 0 Å². The number of hydrazine groups is 1. The molecule has 0 saturated heterocycles. The van der Waals surface area contributed by atoms with E-state index in [-0.39, 0.29) is 0 Å². The van der Waals surface area contributed by atoms with E-state index >= 15 is 0 Å². The van der Waals surface area contributed by atoms with Crippen molar-refractivity contribution in [3.05, 3.63) is 54.1 Å². The molecule has 4 heteroatoms. The van der Waals surface area contributed by atoms with Crippen LogP contribution in [-0.4, -0.2) is 12.0 Å². The molecule has 0 aliphatic rings. The van der Waals surface area contributed by atoms with Gasteiger partial charge in [0, 0.05) is 13.6 Å². The minimum atomic E-state index is 0.669. The summed E-state index contributed by atoms with van der Waals surface area (Å²) in [5, 5.41) is 0. The Morgan fingerprint density at radius 2 is 1.88 bits per heavy atom. The minimum absolute atomic E-state index is 0.669. The van der Waals surface area contributed by atoms with E-state index in [9.17, 15) is 0 Å². The van der Waals surface area contributed by atoms with Gasteiger partial charge in [-0.25, -0.2) is 10.8 Å². The second-order valence-electron chi connectivity index (χ2n) is 3.87. The zero-order valence-electron chi connectivity index (χ0n) is 9.80. The highest BCUT2D eigenvalue weighted by Gasteiger charge is 2.03. The third kappa shape index (κ3) is 2.95. The molecule has 0 bridgehead atoms. The van der Waals surface area contributed by atoms with E-state index in [0.29, 0.717) is 5.82 Å². The number of anilines is 2. The molecule has 0 atom stereocenters. The Hall–Kier alpha value is -2.07. The van der Waals surface area contributed by atoms with Crippen LogP contribution in [0.5, 0.6) is 0 Å². The zero-order chi connectivity index (χ0) is 12.1. The maximum absolute atomic E-state index is 5.34. The molecule has 0 aliphatic heterocycles. The first-order chi connectivity index (χ1) is 8.29. The molecule has 1 aromatic carbocycles. The fourth-order valence-corrected chi connectivity index (χ4v) is 1.65. The van der Waals surface area contributed by atoms with Crippen LogP contribution in [0, 0.1) is 0 Å². The molecule has 3 N–H and O–H groups in total. The Bertz CT molecular complexity index is 470. The van der Waals surface area contributed by atoms with Crippen LogP contribution in [0.25, 0.3) is 0 Å². The molecule has 0 fully saturated rings. The fraction of sp³-hybridized carbons (Fsp3) is 0.154. The van der Waals surface area contributed by atoms with Crippen LogP contribution in [-0.2, 0) is 6.54 Å². The molecule has 1 aromatic heterocycles. The molecule has 4 nitrogen and oxygen atoms in total. The van der Waals surface area contributed by atoms with Gasteiger partial charge in [-0.2, -0.15) is 0 Å². The number of nitrogen functional groups attached to an aromatic ring is 1. The number of pyridine rings is 1. The molecule has 88 valence electrons. The van der Waals surface area contributed by atoms with Crippen LogP contribution in [0.1, 0.15) is 5.56 Å². The molecule has 0 amide bonds. The topological polar surface area (TPSA) is 54.2 Å². The van der Waals surface area contributed by atoms with Gasteiger partial charge in [-0.05, 0) is 17.7 Å². The first kappa shape index (κ1) is 11.4. The SMILES string of the molecule is CN(Cc1ccccc1)c1cccc(NN)n1. The summed E-state index contributed by atoms with van der Waals surface area (Å²) in [6, 6.07) is 16.0. The highest BCUT2D eigenvalue weighted by atomic mass is 15.3. The Morgan fingerprint density at radius 1 is 1.12 bits per heavy atom. The average Bonchev–Trinajstić information content (AvgIpc) is 2.40. The van der Waals surface area contributed by atoms with Gasteiger partial charge in [0.1, 0.15) is 11.6 Å². The highest BCUT2D eigenvalue weighted by Crippen LogP contribution is 2.14. The van der Waals surface area contributed by atoms with Crippen LogP contribution >= 0.6 is 0 Å². The van der Waals surface area contributed by atoms with Gasteiger partial charge in [0.15, 0.2) is 0 Å². The average molecular weight is 228 g/mol. The number of aromatic nitrogens is 1. The molecule has 0 unspecified atom stereocenters. The number of hydrogen-bond acceptors (Lipinski definition) is 4. The quantitative estimate of drug-likeness (QED) is 0.621. The molecule has 0 spiro atoms. The van der Waals surface area contributed by atoms with Crippen molar-refractivity contribution in [3.8, 4) is 0 Å². The lowest BCUT2D eigenvalue weighted by Gasteiger charge is -2.18. The van der Waals surface area contributed by atoms with E-state index in [1.165, 1.54) is 5.56 Å². The minimum Gasteiger partial charge on any atom is -0.355 e. The molecule has 17 heavy (non-hydrogen) atoms. The van der Waals surface area contributed by atoms with Crippen molar-refractivity contribution in [1.82, 2.24) is 4.98 Å². The maximum Gasteiger partial charge on any atom is 0.142 e. The predicted molar refractivity (Wildman–Crippen MR) is 70.6 cm³/mol. The van der Waals surface area contributed by atoms with Crippen LogP contribution in [0.4, 0.5) is 11.6 Å². The van der Waals surface area contributed by atoms with Crippen LogP contribution in [0.3, 0.4) is 0 Å². The number of hydrogen-bond donors (Lipinski definition) is 2. The Kier molecular flexibility index (Phi) is 3.57. The molecule has 0 radical (unpaired) electrons. The van der Waals surface area contributed by atoms with Crippen LogP contribution in [0.15, 0.2) is 48.5 Å². The Morgan fingerprint density at radius 3 is 2.59 bits per heavy atom. The molecule has 0 saturated carbocycles. The van der Waals surface area contributed by atoms with Crippen LogP contribution in [0.2, 0.25) is 0 Å². The summed E-state index contributed by atoms with van der Waals surface area (Å²) in [6.45, 7) is 0.821. The van der Waals surface area contributed by atoms with Gasteiger partial charge >= 0.3 is 0 Å². The third-order valence-corrected chi connectivity index (χ3v) is 2.54. The molecule has 2 aromatic rings. The van der Waals surface area contributed by atoms with E-state index in [4.69, 9.17) is 5.84 Å². The summed E-state index contributed by atoms with van der Waals surface area (Å²) in [4.78, 5) is 6.46. The van der Waals surface area contributed by atoms with Crippen molar-refractivity contribution >= 4 is 11.6 Å². The summed E-state index contributed by atoms with van der Waals surface area (Å²) >= 11 is 0. The lowest BCUT2D eigenvalue weighted by molar-refractivity contribution is 0.898. The number of nitrogens with one attached hydrogen (secondary N) is 1. The summed E-state index contributed by atoms with van der Waals surface area (Å²) in [5.74, 6) is 6.90. The van der Waals surface area contributed by atoms with Gasteiger partial charge in [0.25, 0.3) is 0 Å². The lowest BCUT2D eigenvalue weighted by atomic mass is 10.2. The third-order valence-electron chi connectivity index (χ3n) is 2.54. The van der Waals surface area contributed by atoms with E-state index < -0.39 is 0 Å². The smallest absolute Gasteiger partial charge is 0.142 e. The molecular formula is C13H16N4. The lowest BCUT2D eigenvalue weighted by Crippen LogP contribution is -2.18. The van der Waals surface area contributed by atoms with Crippen molar-refractivity contribution in [3.63, 3.8) is 0 Å². The van der Waals surface area contributed by atoms with Crippen LogP contribution < -0.4 is 16.2 Å². The predicted octanol–water partition coefficient (Wildman–Crippen LogP) is 2.00. The first-order valence-electron chi connectivity index (χ1n) is 5.48. The molecule has 0 aliphatic carbocycles. The second-order valence-corrected chi connectivity index (χ2v) is 3.87. The highest BCUT2D eigenvalue weighted by molar-refractivity contribution is 5.46. The van der Waals surface area contributed by atoms with Gasteiger partial charge in [-0.1, -0.05) is 36.4 Å².